The Morgan fingerprint density at radius 2 is 0.533 bits per heavy atom. The zero-order valence-corrected chi connectivity index (χ0v) is 61.7. The second-order valence-corrected chi connectivity index (χ2v) is 27.6. The van der Waals surface area contributed by atoms with Gasteiger partial charge in [0.25, 0.3) is 0 Å². The number of aromatic hydroxyl groups is 10. The number of phenols is 10. The van der Waals surface area contributed by atoms with Gasteiger partial charge >= 0.3 is 11.9 Å². The molecule has 0 bridgehead atoms. The number of rotatable bonds is 26. The highest BCUT2D eigenvalue weighted by Gasteiger charge is 2.34. The fourth-order valence-corrected chi connectivity index (χ4v) is 13.1. The van der Waals surface area contributed by atoms with Crippen LogP contribution in [0.5, 0.6) is 57.5 Å². The highest BCUT2D eigenvalue weighted by molar-refractivity contribution is 9.09. The fourth-order valence-electron chi connectivity index (χ4n) is 12.8. The number of azide groups is 1. The summed E-state index contributed by atoms with van der Waals surface area (Å²) in [6, 6.07) is 70.8. The molecule has 0 aliphatic carbocycles. The van der Waals surface area contributed by atoms with E-state index >= 15 is 0 Å². The van der Waals surface area contributed by atoms with E-state index in [-0.39, 0.29) is 99.2 Å². The molecule has 552 valence electrons. The molecule has 0 fully saturated rings. The first kappa shape index (κ1) is 82.8. The highest BCUT2D eigenvalue weighted by Crippen LogP contribution is 2.43. The molecule has 10 rings (SSSR count). The molecule has 0 aliphatic heterocycles. The maximum absolute atomic E-state index is 11.5. The number of halogens is 1. The summed E-state index contributed by atoms with van der Waals surface area (Å²) in [5.74, 6) is 1.13. The Bertz CT molecular complexity index is 3980. The standard InChI is InChI=1S/C18H20O4.C17H19BrO2.C17H19N3O2.C17H18O4.C17H20O3/c1-18(12-11-17(21)22-2,13-3-7-15(19)8-4-13)14-5-9-16(20)10-6-14;1-17(11-2-12-18,13-3-7-15(19)8-4-13)14-5-9-16(20)10-6-14;1-17(11-2-12-19-20-18,13-3-7-15(21)8-4-13)14-5-9-16(22)10-6-14;1-17(11-10-16(20)21,12-2-6-14(18)7-3-12)13-4-8-15(19)9-5-13;1-17(11-2-12-18,13-3-7-15(19)8-4-13)14-5-9-16(20)10-6-14/h3-10,19-20H,11-12H2,1-2H3;3-10,19-20H,2,11-12H2,1H3;3-10,21-22H,2,11-12H2,1H3;2-9,18-19H,10-11H2,1H3,(H,20,21);3-10,18-20H,2,11-12H2,1H3. The molecular formula is C86H96BrN3O15. The molecule has 12 N–H and O–H groups in total. The number of carboxylic acid groups (broad SMARTS) is 1. The van der Waals surface area contributed by atoms with Gasteiger partial charge in [-0.05, 0) is 234 Å². The number of benzene rings is 10. The van der Waals surface area contributed by atoms with E-state index in [2.05, 4.69) is 46.7 Å². The van der Waals surface area contributed by atoms with Gasteiger partial charge in [0.05, 0.1) is 7.11 Å². The Morgan fingerprint density at radius 3 is 0.714 bits per heavy atom. The van der Waals surface area contributed by atoms with Crippen LogP contribution in [0, 0.1) is 0 Å². The van der Waals surface area contributed by atoms with E-state index in [1.165, 1.54) is 18.2 Å². The monoisotopic (exact) mass is 1490 g/mol. The second kappa shape index (κ2) is 39.5. The Labute approximate surface area is 622 Å². The van der Waals surface area contributed by atoms with Gasteiger partial charge in [-0.2, -0.15) is 0 Å². The predicted octanol–water partition coefficient (Wildman–Crippen LogP) is 18.9. The number of methoxy groups -OCH3 is 1. The van der Waals surface area contributed by atoms with E-state index in [0.29, 0.717) is 25.8 Å². The van der Waals surface area contributed by atoms with Crippen LogP contribution in [0.3, 0.4) is 0 Å². The van der Waals surface area contributed by atoms with Crippen molar-refractivity contribution in [1.82, 2.24) is 0 Å². The number of carboxylic acids is 1. The smallest absolute Gasteiger partial charge is 0.305 e. The third kappa shape index (κ3) is 23.7. The van der Waals surface area contributed by atoms with Crippen molar-refractivity contribution in [2.45, 2.75) is 126 Å². The topological polar surface area (TPSA) is 335 Å². The Balaban J connectivity index is 0.000000206. The molecule has 0 atom stereocenters. The lowest BCUT2D eigenvalue weighted by molar-refractivity contribution is -0.141. The predicted molar refractivity (Wildman–Crippen MR) is 414 cm³/mol. The normalized spacial score (nSPS) is 11.3. The number of aliphatic hydroxyl groups is 1. The third-order valence-electron chi connectivity index (χ3n) is 19.6. The molecule has 0 aromatic heterocycles. The molecule has 0 unspecified atom stereocenters. The lowest BCUT2D eigenvalue weighted by atomic mass is 9.73. The maximum atomic E-state index is 11.5. The van der Waals surface area contributed by atoms with Gasteiger partial charge in [0.15, 0.2) is 0 Å². The minimum absolute atomic E-state index is 0.0399. The number of hydrogen-bond acceptors (Lipinski definition) is 15. The summed E-state index contributed by atoms with van der Waals surface area (Å²) in [6.07, 6.45) is 6.40. The van der Waals surface area contributed by atoms with Gasteiger partial charge in [0, 0.05) is 63.3 Å². The van der Waals surface area contributed by atoms with Crippen LogP contribution in [0.1, 0.15) is 154 Å². The first-order valence-corrected chi connectivity index (χ1v) is 35.6. The number of esters is 1. The van der Waals surface area contributed by atoms with Gasteiger partial charge in [-0.15, -0.1) is 0 Å². The summed E-state index contributed by atoms with van der Waals surface area (Å²) in [4.78, 5) is 25.2. The molecule has 0 radical (unpaired) electrons. The van der Waals surface area contributed by atoms with Crippen molar-refractivity contribution in [3.05, 3.63) is 309 Å². The van der Waals surface area contributed by atoms with Crippen molar-refractivity contribution in [3.63, 3.8) is 0 Å². The summed E-state index contributed by atoms with van der Waals surface area (Å²) in [5.41, 5.74) is 17.2. The van der Waals surface area contributed by atoms with Crippen LogP contribution in [0.15, 0.2) is 248 Å². The number of carbonyl (C=O) groups excluding carboxylic acids is 1. The lowest BCUT2D eigenvalue weighted by Crippen LogP contribution is -2.25. The van der Waals surface area contributed by atoms with Gasteiger partial charge in [0.2, 0.25) is 0 Å². The molecule has 0 saturated carbocycles. The SMILES string of the molecule is CC(CCC(=O)O)(c1ccc(O)cc1)c1ccc(O)cc1.CC(CCCBr)(c1ccc(O)cc1)c1ccc(O)cc1.CC(CCCN=[N+]=[N-])(c1ccc(O)cc1)c1ccc(O)cc1.CC(CCCO)(c1ccc(O)cc1)c1ccc(O)cc1.COC(=O)CCC(C)(c1ccc(O)cc1)c1ccc(O)cc1. The first-order chi connectivity index (χ1) is 50.0. The minimum atomic E-state index is -0.848. The molecule has 0 saturated heterocycles. The Hall–Kier alpha value is -11.1. The third-order valence-corrected chi connectivity index (χ3v) is 20.1. The molecule has 10 aromatic rings. The largest absolute Gasteiger partial charge is 0.508 e. The van der Waals surface area contributed by atoms with Crippen molar-refractivity contribution in [1.29, 1.82) is 0 Å². The fraction of sp³-hybridized carbons (Fsp3) is 0.279. The minimum Gasteiger partial charge on any atom is -0.508 e. The van der Waals surface area contributed by atoms with Gasteiger partial charge in [-0.3, -0.25) is 9.59 Å². The summed E-state index contributed by atoms with van der Waals surface area (Å²) in [5, 5.41) is 117. The van der Waals surface area contributed by atoms with Crippen molar-refractivity contribution < 1.29 is 75.6 Å². The van der Waals surface area contributed by atoms with E-state index in [1.54, 1.807) is 146 Å². The first-order valence-electron chi connectivity index (χ1n) is 34.5. The average molecular weight is 1490 g/mol. The Kier molecular flexibility index (Phi) is 31.2. The van der Waals surface area contributed by atoms with Crippen LogP contribution in [0.2, 0.25) is 0 Å². The average Bonchev–Trinajstić information content (AvgIpc) is 0.824. The number of ether oxygens (including phenoxy) is 1. The maximum Gasteiger partial charge on any atom is 0.305 e. The molecule has 19 heteroatoms. The number of aliphatic carboxylic acids is 1. The number of hydrogen-bond donors (Lipinski definition) is 12. The van der Waals surface area contributed by atoms with Crippen LogP contribution in [-0.4, -0.2) is 98.8 Å². The van der Waals surface area contributed by atoms with E-state index in [4.69, 9.17) is 20.5 Å². The van der Waals surface area contributed by atoms with Crippen molar-refractivity contribution in [2.75, 3.05) is 25.6 Å². The summed E-state index contributed by atoms with van der Waals surface area (Å²) in [6.45, 7) is 11.0. The number of carbonyl (C=O) groups is 2. The van der Waals surface area contributed by atoms with Crippen molar-refractivity contribution in [2.24, 2.45) is 5.11 Å². The molecule has 18 nitrogen and oxygen atoms in total. The number of aliphatic hydroxyl groups excluding tert-OH is 1. The van der Waals surface area contributed by atoms with Gasteiger partial charge in [0.1, 0.15) is 57.5 Å². The molecule has 0 aliphatic rings. The van der Waals surface area contributed by atoms with Crippen LogP contribution in [0.4, 0.5) is 0 Å². The van der Waals surface area contributed by atoms with Gasteiger partial charge < -0.3 is 66.0 Å². The van der Waals surface area contributed by atoms with Gasteiger partial charge in [-0.25, -0.2) is 0 Å². The molecular weight excluding hydrogens is 1390 g/mol. The quantitative estimate of drug-likeness (QED) is 0.00599. The van der Waals surface area contributed by atoms with E-state index in [1.807, 2.05) is 111 Å². The number of nitrogens with zero attached hydrogens (tertiary/aromatic N) is 3. The number of alkyl halides is 1. The molecule has 10 aromatic carbocycles. The lowest BCUT2D eigenvalue weighted by Gasteiger charge is -2.31. The van der Waals surface area contributed by atoms with E-state index in [0.717, 1.165) is 81.9 Å². The molecule has 0 spiro atoms. The molecule has 105 heavy (non-hydrogen) atoms. The summed E-state index contributed by atoms with van der Waals surface area (Å²) in [7, 11) is 1.38. The van der Waals surface area contributed by atoms with Crippen LogP contribution < -0.4 is 0 Å². The second-order valence-electron chi connectivity index (χ2n) is 26.8. The molecule has 0 heterocycles. The van der Waals surface area contributed by atoms with Crippen LogP contribution in [-0.2, 0) is 41.4 Å². The van der Waals surface area contributed by atoms with Gasteiger partial charge in [-0.1, -0.05) is 177 Å². The summed E-state index contributed by atoms with van der Waals surface area (Å²) >= 11 is 3.49. The van der Waals surface area contributed by atoms with E-state index in [9.17, 15) is 60.7 Å². The van der Waals surface area contributed by atoms with Crippen LogP contribution >= 0.6 is 15.9 Å². The zero-order valence-electron chi connectivity index (χ0n) is 60.1. The summed E-state index contributed by atoms with van der Waals surface area (Å²) < 4.78 is 4.74. The zero-order chi connectivity index (χ0) is 76.8. The Morgan fingerprint density at radius 1 is 0.343 bits per heavy atom. The molecule has 0 amide bonds. The van der Waals surface area contributed by atoms with Crippen molar-refractivity contribution >= 4 is 27.9 Å². The van der Waals surface area contributed by atoms with Crippen molar-refractivity contribution in [3.8, 4) is 57.5 Å². The van der Waals surface area contributed by atoms with Crippen LogP contribution in [0.25, 0.3) is 10.4 Å². The van der Waals surface area contributed by atoms with E-state index < -0.39 is 16.8 Å². The highest BCUT2D eigenvalue weighted by atomic mass is 79.9. The number of phenolic OH excluding ortho intramolecular Hbond substituents is 10.